The first-order valence-corrected chi connectivity index (χ1v) is 6.81. The van der Waals surface area contributed by atoms with Crippen molar-refractivity contribution in [3.8, 4) is 0 Å². The van der Waals surface area contributed by atoms with Gasteiger partial charge in [-0.05, 0) is 13.0 Å². The fraction of sp³-hybridized carbons (Fsp3) is 0.400. The second-order valence-corrected chi connectivity index (χ2v) is 4.95. The summed E-state index contributed by atoms with van der Waals surface area (Å²) in [5.74, 6) is 0.751. The van der Waals surface area contributed by atoms with Crippen molar-refractivity contribution in [2.24, 2.45) is 0 Å². The number of morpholine rings is 1. The molecule has 20 heavy (non-hydrogen) atoms. The van der Waals surface area contributed by atoms with Crippen molar-refractivity contribution < 1.29 is 13.9 Å². The van der Waals surface area contributed by atoms with Gasteiger partial charge in [-0.1, -0.05) is 18.2 Å². The van der Waals surface area contributed by atoms with Gasteiger partial charge in [0, 0.05) is 17.5 Å². The van der Waals surface area contributed by atoms with E-state index in [1.807, 2.05) is 31.2 Å². The molecule has 106 valence electrons. The minimum atomic E-state index is -0.270. The van der Waals surface area contributed by atoms with Crippen LogP contribution in [-0.2, 0) is 16.1 Å². The second kappa shape index (κ2) is 5.64. The fourth-order valence-electron chi connectivity index (χ4n) is 2.42. The predicted octanol–water partition coefficient (Wildman–Crippen LogP) is 1.35. The molecule has 1 aromatic heterocycles. The van der Waals surface area contributed by atoms with E-state index in [0.717, 1.165) is 22.3 Å². The number of carbonyl (C=O) groups is 1. The van der Waals surface area contributed by atoms with Crippen LogP contribution in [0.25, 0.3) is 11.0 Å². The number of carbonyl (C=O) groups excluding carboxylic acids is 1. The first kappa shape index (κ1) is 13.1. The van der Waals surface area contributed by atoms with E-state index in [2.05, 4.69) is 10.6 Å². The van der Waals surface area contributed by atoms with Crippen LogP contribution < -0.4 is 10.6 Å². The van der Waals surface area contributed by atoms with Crippen LogP contribution in [0.15, 0.2) is 28.7 Å². The van der Waals surface area contributed by atoms with Crippen molar-refractivity contribution in [3.05, 3.63) is 35.6 Å². The molecule has 0 radical (unpaired) electrons. The zero-order valence-corrected chi connectivity index (χ0v) is 11.4. The van der Waals surface area contributed by atoms with Crippen LogP contribution in [0.4, 0.5) is 0 Å². The normalized spacial score (nSPS) is 19.1. The number of amides is 1. The Bertz CT molecular complexity index is 615. The van der Waals surface area contributed by atoms with Gasteiger partial charge in [-0.25, -0.2) is 0 Å². The molecule has 3 rings (SSSR count). The zero-order valence-electron chi connectivity index (χ0n) is 11.4. The van der Waals surface area contributed by atoms with Crippen LogP contribution in [0, 0.1) is 6.92 Å². The van der Waals surface area contributed by atoms with Crippen LogP contribution in [0.1, 0.15) is 11.3 Å². The number of furan rings is 1. The smallest absolute Gasteiger partial charge is 0.239 e. The molecule has 1 atom stereocenters. The summed E-state index contributed by atoms with van der Waals surface area (Å²) in [6, 6.07) is 7.61. The minimum Gasteiger partial charge on any atom is -0.459 e. The van der Waals surface area contributed by atoms with Gasteiger partial charge in [-0.3, -0.25) is 4.79 Å². The van der Waals surface area contributed by atoms with Crippen molar-refractivity contribution in [3.63, 3.8) is 0 Å². The van der Waals surface area contributed by atoms with E-state index in [-0.39, 0.29) is 11.9 Å². The lowest BCUT2D eigenvalue weighted by atomic mass is 10.1. The van der Waals surface area contributed by atoms with Crippen LogP contribution in [0.3, 0.4) is 0 Å². The Morgan fingerprint density at radius 1 is 1.45 bits per heavy atom. The number of aryl methyl sites for hydroxylation is 1. The third kappa shape index (κ3) is 2.55. The van der Waals surface area contributed by atoms with E-state index in [1.165, 1.54) is 0 Å². The Hall–Kier alpha value is -1.85. The number of benzene rings is 1. The molecule has 0 bridgehead atoms. The molecular formula is C15H18N2O3. The van der Waals surface area contributed by atoms with Gasteiger partial charge < -0.3 is 19.8 Å². The molecule has 0 spiro atoms. The molecule has 1 aliphatic heterocycles. The summed E-state index contributed by atoms with van der Waals surface area (Å²) in [6.07, 6.45) is 0. The van der Waals surface area contributed by atoms with E-state index < -0.39 is 0 Å². The molecule has 2 heterocycles. The van der Waals surface area contributed by atoms with Gasteiger partial charge in [-0.2, -0.15) is 0 Å². The maximum absolute atomic E-state index is 12.0. The van der Waals surface area contributed by atoms with Gasteiger partial charge in [0.25, 0.3) is 0 Å². The quantitative estimate of drug-likeness (QED) is 0.886. The summed E-state index contributed by atoms with van der Waals surface area (Å²) in [7, 11) is 0. The van der Waals surface area contributed by atoms with Crippen LogP contribution >= 0.6 is 0 Å². The van der Waals surface area contributed by atoms with Crippen molar-refractivity contribution in [2.45, 2.75) is 19.5 Å². The molecule has 2 N–H and O–H groups in total. The lowest BCUT2D eigenvalue weighted by molar-refractivity contribution is -0.126. The molecule has 1 amide bonds. The van der Waals surface area contributed by atoms with E-state index in [9.17, 15) is 4.79 Å². The standard InChI is InChI=1S/C15H18N2O3/c1-10-11-4-2-3-5-13(11)20-14(10)8-17-15(18)12-9-19-7-6-16-12/h2-5,12,16H,6-9H2,1H3,(H,17,18). The molecule has 5 nitrogen and oxygen atoms in total. The van der Waals surface area contributed by atoms with Crippen molar-refractivity contribution in [1.29, 1.82) is 0 Å². The maximum atomic E-state index is 12.0. The van der Waals surface area contributed by atoms with Gasteiger partial charge in [-0.15, -0.1) is 0 Å². The van der Waals surface area contributed by atoms with Crippen molar-refractivity contribution in [1.82, 2.24) is 10.6 Å². The van der Waals surface area contributed by atoms with Gasteiger partial charge in [0.1, 0.15) is 17.4 Å². The Morgan fingerprint density at radius 2 is 2.30 bits per heavy atom. The number of hydrogen-bond donors (Lipinski definition) is 2. The molecule has 0 saturated carbocycles. The Balaban J connectivity index is 1.67. The SMILES string of the molecule is Cc1c(CNC(=O)C2COCCN2)oc2ccccc12. The molecule has 1 aliphatic rings. The molecule has 1 unspecified atom stereocenters. The summed E-state index contributed by atoms with van der Waals surface area (Å²) in [4.78, 5) is 12.0. The summed E-state index contributed by atoms with van der Waals surface area (Å²) >= 11 is 0. The summed E-state index contributed by atoms with van der Waals surface area (Å²) in [5, 5.41) is 7.12. The van der Waals surface area contributed by atoms with Gasteiger partial charge in [0.15, 0.2) is 0 Å². The second-order valence-electron chi connectivity index (χ2n) is 4.95. The highest BCUT2D eigenvalue weighted by Gasteiger charge is 2.21. The summed E-state index contributed by atoms with van der Waals surface area (Å²) in [6.45, 7) is 4.20. The highest BCUT2D eigenvalue weighted by molar-refractivity contribution is 5.83. The van der Waals surface area contributed by atoms with E-state index in [0.29, 0.717) is 26.3 Å². The zero-order chi connectivity index (χ0) is 13.9. The maximum Gasteiger partial charge on any atom is 0.239 e. The van der Waals surface area contributed by atoms with E-state index in [1.54, 1.807) is 0 Å². The third-order valence-electron chi connectivity index (χ3n) is 3.60. The average molecular weight is 274 g/mol. The van der Waals surface area contributed by atoms with Gasteiger partial charge in [0.05, 0.1) is 19.8 Å². The predicted molar refractivity (Wildman–Crippen MR) is 75.4 cm³/mol. The number of hydrogen-bond acceptors (Lipinski definition) is 4. The number of rotatable bonds is 3. The lowest BCUT2D eigenvalue weighted by Gasteiger charge is -2.22. The first-order chi connectivity index (χ1) is 9.75. The highest BCUT2D eigenvalue weighted by atomic mass is 16.5. The molecule has 1 fully saturated rings. The van der Waals surface area contributed by atoms with Crippen LogP contribution in [0.5, 0.6) is 0 Å². The molecular weight excluding hydrogens is 256 g/mol. The number of para-hydroxylation sites is 1. The minimum absolute atomic E-state index is 0.0513. The Morgan fingerprint density at radius 3 is 3.05 bits per heavy atom. The third-order valence-corrected chi connectivity index (χ3v) is 3.60. The highest BCUT2D eigenvalue weighted by Crippen LogP contribution is 2.24. The monoisotopic (exact) mass is 274 g/mol. The van der Waals surface area contributed by atoms with Crippen LogP contribution in [0.2, 0.25) is 0 Å². The number of nitrogens with one attached hydrogen (secondary N) is 2. The Labute approximate surface area is 117 Å². The number of ether oxygens (including phenoxy) is 1. The van der Waals surface area contributed by atoms with Crippen LogP contribution in [-0.4, -0.2) is 31.7 Å². The molecule has 1 aromatic carbocycles. The molecule has 1 saturated heterocycles. The summed E-state index contributed by atoms with van der Waals surface area (Å²) < 4.78 is 11.1. The fourth-order valence-corrected chi connectivity index (χ4v) is 2.42. The topological polar surface area (TPSA) is 63.5 Å². The van der Waals surface area contributed by atoms with Crippen molar-refractivity contribution in [2.75, 3.05) is 19.8 Å². The van der Waals surface area contributed by atoms with Gasteiger partial charge >= 0.3 is 0 Å². The lowest BCUT2D eigenvalue weighted by Crippen LogP contribution is -2.51. The Kier molecular flexibility index (Phi) is 3.71. The van der Waals surface area contributed by atoms with E-state index >= 15 is 0 Å². The average Bonchev–Trinajstić information content (AvgIpc) is 2.83. The first-order valence-electron chi connectivity index (χ1n) is 6.81. The van der Waals surface area contributed by atoms with Gasteiger partial charge in [0.2, 0.25) is 5.91 Å². The van der Waals surface area contributed by atoms with E-state index in [4.69, 9.17) is 9.15 Å². The molecule has 0 aliphatic carbocycles. The van der Waals surface area contributed by atoms with Crippen molar-refractivity contribution >= 4 is 16.9 Å². The largest absolute Gasteiger partial charge is 0.459 e. The molecule has 5 heteroatoms. The molecule has 2 aromatic rings. The number of fused-ring (bicyclic) bond motifs is 1. The summed E-state index contributed by atoms with van der Waals surface area (Å²) in [5.41, 5.74) is 1.93.